The monoisotopic (exact) mass is 241 g/mol. The molecule has 16 heavy (non-hydrogen) atoms. The number of sulfonamides is 1. The van der Waals surface area contributed by atoms with E-state index in [2.05, 4.69) is 0 Å². The van der Waals surface area contributed by atoms with Gasteiger partial charge in [0.15, 0.2) is 0 Å². The summed E-state index contributed by atoms with van der Waals surface area (Å²) in [5.41, 5.74) is 0.605. The summed E-state index contributed by atoms with van der Waals surface area (Å²) >= 11 is 0. The van der Waals surface area contributed by atoms with Gasteiger partial charge in [-0.25, -0.2) is 8.42 Å². The quantitative estimate of drug-likeness (QED) is 0.719. The van der Waals surface area contributed by atoms with Crippen LogP contribution in [0.15, 0.2) is 29.2 Å². The zero-order chi connectivity index (χ0) is 12.2. The molecule has 0 unspecified atom stereocenters. The highest BCUT2D eigenvalue weighted by atomic mass is 32.2. The first-order valence-corrected chi connectivity index (χ1v) is 6.70. The normalized spacial score (nSPS) is 11.8. The fourth-order valence-electron chi connectivity index (χ4n) is 1.52. The third kappa shape index (κ3) is 2.64. The standard InChI is InChI=1S/C10H16BNO3S/c1-3-12(4-2)16(14,15)10-7-5-6-9(8-10)11-13/h5-8,11,13H,3-4H2,1-2H3. The van der Waals surface area contributed by atoms with E-state index in [9.17, 15) is 8.42 Å². The van der Waals surface area contributed by atoms with E-state index in [0.29, 0.717) is 18.6 Å². The van der Waals surface area contributed by atoms with Gasteiger partial charge in [-0.05, 0) is 12.1 Å². The molecular formula is C10H16BNO3S. The summed E-state index contributed by atoms with van der Waals surface area (Å²) in [7, 11) is -3.56. The molecule has 0 aliphatic rings. The maximum Gasteiger partial charge on any atom is 0.304 e. The third-order valence-electron chi connectivity index (χ3n) is 2.42. The second kappa shape index (κ2) is 5.47. The third-order valence-corrected chi connectivity index (χ3v) is 4.47. The summed E-state index contributed by atoms with van der Waals surface area (Å²) in [6, 6.07) is 6.39. The molecule has 1 aromatic rings. The van der Waals surface area contributed by atoms with Gasteiger partial charge in [0.25, 0.3) is 0 Å². The van der Waals surface area contributed by atoms with E-state index in [0.717, 1.165) is 0 Å². The smallest absolute Gasteiger partial charge is 0.304 e. The van der Waals surface area contributed by atoms with Crippen molar-refractivity contribution in [3.05, 3.63) is 24.3 Å². The molecule has 0 amide bonds. The van der Waals surface area contributed by atoms with Gasteiger partial charge in [-0.1, -0.05) is 31.4 Å². The predicted octanol–water partition coefficient (Wildman–Crippen LogP) is -0.314. The van der Waals surface area contributed by atoms with Gasteiger partial charge in [0, 0.05) is 13.1 Å². The predicted molar refractivity (Wildman–Crippen MR) is 65.6 cm³/mol. The van der Waals surface area contributed by atoms with Crippen LogP contribution in [0.5, 0.6) is 0 Å². The molecule has 4 nitrogen and oxygen atoms in total. The van der Waals surface area contributed by atoms with Crippen LogP contribution in [-0.4, -0.2) is 38.3 Å². The highest BCUT2D eigenvalue weighted by Gasteiger charge is 2.21. The molecule has 88 valence electrons. The second-order valence-electron chi connectivity index (χ2n) is 3.39. The Balaban J connectivity index is 3.16. The Hall–Kier alpha value is -0.845. The van der Waals surface area contributed by atoms with E-state index < -0.39 is 10.0 Å². The fraction of sp³-hybridized carbons (Fsp3) is 0.400. The summed E-state index contributed by atoms with van der Waals surface area (Å²) < 4.78 is 25.6. The van der Waals surface area contributed by atoms with Gasteiger partial charge in [-0.3, -0.25) is 0 Å². The summed E-state index contributed by atoms with van der Waals surface area (Å²) in [6.45, 7) is 4.50. The van der Waals surface area contributed by atoms with E-state index in [1.165, 1.54) is 10.4 Å². The Kier molecular flexibility index (Phi) is 4.52. The Morgan fingerprint density at radius 2 is 1.94 bits per heavy atom. The van der Waals surface area contributed by atoms with Crippen molar-refractivity contribution in [1.82, 2.24) is 4.31 Å². The minimum atomic E-state index is -3.41. The van der Waals surface area contributed by atoms with Gasteiger partial charge >= 0.3 is 7.48 Å². The van der Waals surface area contributed by atoms with Crippen LogP contribution in [0.3, 0.4) is 0 Å². The van der Waals surface area contributed by atoms with Crippen molar-refractivity contribution in [2.24, 2.45) is 0 Å². The molecule has 0 bridgehead atoms. The van der Waals surface area contributed by atoms with Crippen LogP contribution in [0.2, 0.25) is 0 Å². The number of rotatable bonds is 5. The van der Waals surface area contributed by atoms with E-state index in [1.807, 2.05) is 0 Å². The molecule has 1 aromatic carbocycles. The average molecular weight is 241 g/mol. The SMILES string of the molecule is CCN(CC)S(=O)(=O)c1cccc(BO)c1. The lowest BCUT2D eigenvalue weighted by molar-refractivity contribution is 0.445. The minimum Gasteiger partial charge on any atom is -0.449 e. The minimum absolute atomic E-state index is 0.151. The van der Waals surface area contributed by atoms with E-state index >= 15 is 0 Å². The van der Waals surface area contributed by atoms with Crippen molar-refractivity contribution < 1.29 is 13.4 Å². The van der Waals surface area contributed by atoms with Crippen LogP contribution in [0.1, 0.15) is 13.8 Å². The molecule has 0 spiro atoms. The van der Waals surface area contributed by atoms with Crippen LogP contribution in [-0.2, 0) is 10.0 Å². The molecule has 0 aliphatic carbocycles. The van der Waals surface area contributed by atoms with E-state index in [1.54, 1.807) is 32.0 Å². The molecule has 0 aliphatic heterocycles. The summed E-state index contributed by atoms with van der Waals surface area (Å²) in [5, 5.41) is 8.97. The first-order valence-electron chi connectivity index (χ1n) is 5.26. The van der Waals surface area contributed by atoms with Crippen molar-refractivity contribution in [2.75, 3.05) is 13.1 Å². The molecule has 1 rings (SSSR count). The molecule has 0 saturated carbocycles. The largest absolute Gasteiger partial charge is 0.449 e. The van der Waals surface area contributed by atoms with Gasteiger partial charge in [-0.2, -0.15) is 4.31 Å². The number of nitrogens with zero attached hydrogens (tertiary/aromatic N) is 1. The maximum atomic E-state index is 12.1. The lowest BCUT2D eigenvalue weighted by Gasteiger charge is -2.18. The highest BCUT2D eigenvalue weighted by Crippen LogP contribution is 2.13. The molecule has 0 radical (unpaired) electrons. The molecule has 0 aromatic heterocycles. The Morgan fingerprint density at radius 1 is 1.31 bits per heavy atom. The lowest BCUT2D eigenvalue weighted by atomic mass is 9.89. The van der Waals surface area contributed by atoms with Crippen LogP contribution in [0.4, 0.5) is 0 Å². The van der Waals surface area contributed by atoms with Gasteiger partial charge in [-0.15, -0.1) is 0 Å². The molecular weight excluding hydrogens is 225 g/mol. The van der Waals surface area contributed by atoms with Crippen LogP contribution < -0.4 is 5.46 Å². The van der Waals surface area contributed by atoms with Crippen LogP contribution in [0, 0.1) is 0 Å². The second-order valence-corrected chi connectivity index (χ2v) is 5.33. The molecule has 0 saturated heterocycles. The topological polar surface area (TPSA) is 57.6 Å². The van der Waals surface area contributed by atoms with Gasteiger partial charge < -0.3 is 5.02 Å². The first-order chi connectivity index (χ1) is 7.56. The van der Waals surface area contributed by atoms with Crippen molar-refractivity contribution in [1.29, 1.82) is 0 Å². The Morgan fingerprint density at radius 3 is 2.44 bits per heavy atom. The molecule has 1 N–H and O–H groups in total. The summed E-state index contributed by atoms with van der Waals surface area (Å²) in [5.74, 6) is 0. The molecule has 0 atom stereocenters. The van der Waals surface area contributed by atoms with Crippen molar-refractivity contribution in [2.45, 2.75) is 18.7 Å². The number of hydrogen-bond donors (Lipinski definition) is 1. The van der Waals surface area contributed by atoms with Gasteiger partial charge in [0.05, 0.1) is 4.90 Å². The Labute approximate surface area is 97.2 Å². The van der Waals surface area contributed by atoms with Crippen LogP contribution >= 0.6 is 0 Å². The first kappa shape index (κ1) is 13.2. The van der Waals surface area contributed by atoms with Crippen LogP contribution in [0.25, 0.3) is 0 Å². The Bertz CT molecular complexity index is 443. The zero-order valence-corrected chi connectivity index (χ0v) is 10.4. The zero-order valence-electron chi connectivity index (χ0n) is 9.55. The highest BCUT2D eigenvalue weighted by molar-refractivity contribution is 7.89. The van der Waals surface area contributed by atoms with Gasteiger partial charge in [0.1, 0.15) is 0 Å². The number of hydrogen-bond acceptors (Lipinski definition) is 3. The van der Waals surface area contributed by atoms with Crippen molar-refractivity contribution in [3.63, 3.8) is 0 Å². The van der Waals surface area contributed by atoms with Crippen molar-refractivity contribution in [3.8, 4) is 0 Å². The molecule has 0 fully saturated rings. The summed E-state index contributed by atoms with van der Waals surface area (Å²) in [4.78, 5) is 0.239. The molecule has 6 heteroatoms. The number of benzene rings is 1. The lowest BCUT2D eigenvalue weighted by Crippen LogP contribution is -2.31. The molecule has 0 heterocycles. The fourth-order valence-corrected chi connectivity index (χ4v) is 3.05. The maximum absolute atomic E-state index is 12.1. The van der Waals surface area contributed by atoms with E-state index in [4.69, 9.17) is 5.02 Å². The average Bonchev–Trinajstić information content (AvgIpc) is 2.30. The van der Waals surface area contributed by atoms with Gasteiger partial charge in [0.2, 0.25) is 10.0 Å². The van der Waals surface area contributed by atoms with Crippen molar-refractivity contribution >= 4 is 23.0 Å². The summed E-state index contributed by atoms with van der Waals surface area (Å²) in [6.07, 6.45) is 0. The van der Waals surface area contributed by atoms with E-state index in [-0.39, 0.29) is 12.4 Å².